The van der Waals surface area contributed by atoms with E-state index < -0.39 is 0 Å². The van der Waals surface area contributed by atoms with Crippen LogP contribution in [0.5, 0.6) is 0 Å². The summed E-state index contributed by atoms with van der Waals surface area (Å²) >= 11 is 0. The molecule has 1 saturated heterocycles. The highest BCUT2D eigenvalue weighted by Gasteiger charge is 2.25. The zero-order valence-electron chi connectivity index (χ0n) is 12.9. The summed E-state index contributed by atoms with van der Waals surface area (Å²) in [6.45, 7) is 8.10. The maximum absolute atomic E-state index is 13.0. The molecule has 2 aliphatic rings. The first-order chi connectivity index (χ1) is 10.3. The van der Waals surface area contributed by atoms with Crippen molar-refractivity contribution in [1.82, 2.24) is 9.80 Å². The molecule has 0 radical (unpaired) electrons. The van der Waals surface area contributed by atoms with Crippen molar-refractivity contribution in [2.24, 2.45) is 0 Å². The van der Waals surface area contributed by atoms with Gasteiger partial charge in [0.2, 0.25) is 0 Å². The number of nitrogens with zero attached hydrogens (tertiary/aromatic N) is 2. The highest BCUT2D eigenvalue weighted by molar-refractivity contribution is 5.66. The van der Waals surface area contributed by atoms with E-state index in [1.807, 2.05) is 12.1 Å². The van der Waals surface area contributed by atoms with E-state index in [1.165, 1.54) is 43.6 Å². The number of hydrogen-bond donors (Lipinski definition) is 0. The van der Waals surface area contributed by atoms with Gasteiger partial charge in [0.1, 0.15) is 5.82 Å². The molecule has 2 nitrogen and oxygen atoms in total. The zero-order valence-corrected chi connectivity index (χ0v) is 12.9. The molecule has 2 aliphatic heterocycles. The monoisotopic (exact) mass is 288 g/mol. The summed E-state index contributed by atoms with van der Waals surface area (Å²) in [4.78, 5) is 5.17. The molecule has 0 aromatic heterocycles. The summed E-state index contributed by atoms with van der Waals surface area (Å²) in [6, 6.07) is 7.66. The second-order valence-electron chi connectivity index (χ2n) is 6.15. The highest BCUT2D eigenvalue weighted by atomic mass is 19.1. The predicted molar refractivity (Wildman–Crippen MR) is 85.7 cm³/mol. The van der Waals surface area contributed by atoms with Crippen LogP contribution >= 0.6 is 0 Å². The maximum Gasteiger partial charge on any atom is 0.123 e. The van der Waals surface area contributed by atoms with Gasteiger partial charge < -0.3 is 4.90 Å². The molecule has 1 fully saturated rings. The maximum atomic E-state index is 13.0. The van der Waals surface area contributed by atoms with Gasteiger partial charge in [-0.15, -0.1) is 0 Å². The molecule has 3 rings (SSSR count). The highest BCUT2D eigenvalue weighted by Crippen LogP contribution is 2.26. The first-order valence-electron chi connectivity index (χ1n) is 8.17. The second-order valence-corrected chi connectivity index (χ2v) is 6.15. The van der Waals surface area contributed by atoms with Crippen LogP contribution in [0, 0.1) is 5.82 Å². The molecule has 114 valence electrons. The molecule has 0 N–H and O–H groups in total. The molecule has 21 heavy (non-hydrogen) atoms. The van der Waals surface area contributed by atoms with E-state index in [0.29, 0.717) is 0 Å². The fourth-order valence-corrected chi connectivity index (χ4v) is 3.54. The molecule has 0 bridgehead atoms. The lowest BCUT2D eigenvalue weighted by molar-refractivity contribution is 0.120. The van der Waals surface area contributed by atoms with Crippen LogP contribution in [-0.2, 0) is 0 Å². The first-order valence-corrected chi connectivity index (χ1v) is 8.17. The van der Waals surface area contributed by atoms with E-state index in [9.17, 15) is 4.39 Å². The molecule has 3 heteroatoms. The summed E-state index contributed by atoms with van der Waals surface area (Å²) in [5.74, 6) is -0.153. The first kappa shape index (κ1) is 14.7. The lowest BCUT2D eigenvalue weighted by Crippen LogP contribution is -2.46. The Kier molecular flexibility index (Phi) is 4.71. The average Bonchev–Trinajstić information content (AvgIpc) is 2.56. The van der Waals surface area contributed by atoms with E-state index in [-0.39, 0.29) is 5.82 Å². The van der Waals surface area contributed by atoms with Crippen molar-refractivity contribution in [3.8, 4) is 0 Å². The van der Waals surface area contributed by atoms with Crippen molar-refractivity contribution >= 4 is 5.57 Å². The predicted octanol–water partition coefficient (Wildman–Crippen LogP) is 3.40. The van der Waals surface area contributed by atoms with Crippen molar-refractivity contribution < 1.29 is 4.39 Å². The number of hydrogen-bond acceptors (Lipinski definition) is 2. The Bertz CT molecular complexity index is 486. The molecular formula is C18H25FN2. The van der Waals surface area contributed by atoms with Gasteiger partial charge in [-0.25, -0.2) is 4.39 Å². The van der Waals surface area contributed by atoms with E-state index in [1.54, 1.807) is 12.1 Å². The Morgan fingerprint density at radius 1 is 1.10 bits per heavy atom. The minimum Gasteiger partial charge on any atom is -0.303 e. The van der Waals surface area contributed by atoms with Crippen LogP contribution in [0.25, 0.3) is 5.57 Å². The number of likely N-dealkylation sites (tertiary alicyclic amines) is 1. The number of rotatable bonds is 3. The topological polar surface area (TPSA) is 6.48 Å². The van der Waals surface area contributed by atoms with Crippen LogP contribution in [0.3, 0.4) is 0 Å². The van der Waals surface area contributed by atoms with Gasteiger partial charge in [-0.2, -0.15) is 0 Å². The lowest BCUT2D eigenvalue weighted by Gasteiger charge is -2.39. The molecule has 0 atom stereocenters. The van der Waals surface area contributed by atoms with Crippen LogP contribution in [0.1, 0.15) is 31.7 Å². The number of benzene rings is 1. The molecule has 0 saturated carbocycles. The molecule has 1 aromatic rings. The van der Waals surface area contributed by atoms with Gasteiger partial charge in [-0.05, 0) is 62.2 Å². The van der Waals surface area contributed by atoms with E-state index >= 15 is 0 Å². The Morgan fingerprint density at radius 2 is 1.81 bits per heavy atom. The Morgan fingerprint density at radius 3 is 2.38 bits per heavy atom. The summed E-state index contributed by atoms with van der Waals surface area (Å²) in [6.07, 6.45) is 6.02. The molecule has 1 aromatic carbocycles. The van der Waals surface area contributed by atoms with Crippen molar-refractivity contribution in [2.45, 2.75) is 32.2 Å². The summed E-state index contributed by atoms with van der Waals surface area (Å²) in [7, 11) is 0. The van der Waals surface area contributed by atoms with Gasteiger partial charge in [-0.1, -0.05) is 25.1 Å². The van der Waals surface area contributed by atoms with E-state index in [2.05, 4.69) is 22.8 Å². The van der Waals surface area contributed by atoms with E-state index in [0.717, 1.165) is 25.6 Å². The Balaban J connectivity index is 1.58. The van der Waals surface area contributed by atoms with Crippen LogP contribution in [-0.4, -0.2) is 48.6 Å². The quantitative estimate of drug-likeness (QED) is 0.841. The van der Waals surface area contributed by atoms with Gasteiger partial charge in [-0.3, -0.25) is 4.90 Å². The van der Waals surface area contributed by atoms with Gasteiger partial charge in [0.05, 0.1) is 0 Å². The van der Waals surface area contributed by atoms with Gasteiger partial charge in [0.15, 0.2) is 0 Å². The van der Waals surface area contributed by atoms with Crippen LogP contribution in [0.15, 0.2) is 30.3 Å². The Labute approximate surface area is 127 Å². The Hall–Kier alpha value is -1.19. The third-order valence-corrected chi connectivity index (χ3v) is 4.98. The van der Waals surface area contributed by atoms with Crippen LogP contribution in [0.2, 0.25) is 0 Å². The zero-order chi connectivity index (χ0) is 14.7. The van der Waals surface area contributed by atoms with Gasteiger partial charge in [0, 0.05) is 19.1 Å². The largest absolute Gasteiger partial charge is 0.303 e. The fraction of sp³-hybridized carbons (Fsp3) is 0.556. The molecule has 0 spiro atoms. The normalized spacial score (nSPS) is 22.3. The van der Waals surface area contributed by atoms with Crippen molar-refractivity contribution in [3.63, 3.8) is 0 Å². The minimum absolute atomic E-state index is 0.153. The number of halogens is 1. The summed E-state index contributed by atoms with van der Waals surface area (Å²) < 4.78 is 13.0. The number of piperidine rings is 1. The van der Waals surface area contributed by atoms with Crippen LogP contribution < -0.4 is 0 Å². The molecule has 0 amide bonds. The third kappa shape index (κ3) is 3.53. The molecule has 0 aliphatic carbocycles. The van der Waals surface area contributed by atoms with Gasteiger partial charge >= 0.3 is 0 Å². The molecule has 0 unspecified atom stereocenters. The van der Waals surface area contributed by atoms with Crippen LogP contribution in [0.4, 0.5) is 4.39 Å². The summed E-state index contributed by atoms with van der Waals surface area (Å²) in [5.41, 5.74) is 2.55. The van der Waals surface area contributed by atoms with Crippen molar-refractivity contribution in [1.29, 1.82) is 0 Å². The lowest BCUT2D eigenvalue weighted by atomic mass is 9.96. The second kappa shape index (κ2) is 6.71. The minimum atomic E-state index is -0.153. The average molecular weight is 288 g/mol. The molecule has 2 heterocycles. The molecular weight excluding hydrogens is 263 g/mol. The smallest absolute Gasteiger partial charge is 0.123 e. The van der Waals surface area contributed by atoms with Gasteiger partial charge in [0.25, 0.3) is 0 Å². The van der Waals surface area contributed by atoms with Crippen molar-refractivity contribution in [3.05, 3.63) is 41.7 Å². The fourth-order valence-electron chi connectivity index (χ4n) is 3.54. The SMILES string of the molecule is CCN1CCC(N2CC=C(c3ccc(F)cc3)CC2)CC1. The van der Waals surface area contributed by atoms with E-state index in [4.69, 9.17) is 0 Å². The van der Waals surface area contributed by atoms with Crippen molar-refractivity contribution in [2.75, 3.05) is 32.7 Å². The third-order valence-electron chi connectivity index (χ3n) is 4.98. The standard InChI is InChI=1S/C18H25FN2/c1-2-20-11-9-18(10-12-20)21-13-7-16(8-14-21)15-3-5-17(19)6-4-15/h3-7,18H,2,8-14H2,1H3. The summed E-state index contributed by atoms with van der Waals surface area (Å²) in [5, 5.41) is 0.